The van der Waals surface area contributed by atoms with E-state index in [1.807, 2.05) is 13.0 Å². The molecule has 1 rings (SSSR count). The predicted octanol–water partition coefficient (Wildman–Crippen LogP) is 2.66. The SMILES string of the molecule is CC[C@@H](O)Cc1ccc(Cl)cc1N.Cl. The maximum absolute atomic E-state index is 9.42. The first-order valence-electron chi connectivity index (χ1n) is 4.35. The number of nitrogen functional groups attached to an aromatic ring is 1. The Morgan fingerprint density at radius 2 is 2.14 bits per heavy atom. The average Bonchev–Trinajstić information content (AvgIpc) is 2.09. The monoisotopic (exact) mass is 235 g/mol. The molecule has 1 aromatic rings. The molecule has 0 aliphatic heterocycles. The van der Waals surface area contributed by atoms with Crippen molar-refractivity contribution >= 4 is 29.7 Å². The summed E-state index contributed by atoms with van der Waals surface area (Å²) >= 11 is 5.74. The normalized spacial score (nSPS) is 11.9. The van der Waals surface area contributed by atoms with Gasteiger partial charge in [-0.25, -0.2) is 0 Å². The van der Waals surface area contributed by atoms with E-state index in [1.54, 1.807) is 12.1 Å². The zero-order chi connectivity index (χ0) is 9.84. The highest BCUT2D eigenvalue weighted by Gasteiger charge is 2.05. The second-order valence-corrected chi connectivity index (χ2v) is 3.55. The van der Waals surface area contributed by atoms with E-state index in [9.17, 15) is 5.11 Å². The summed E-state index contributed by atoms with van der Waals surface area (Å²) in [4.78, 5) is 0. The van der Waals surface area contributed by atoms with Crippen molar-refractivity contribution in [3.05, 3.63) is 28.8 Å². The molecule has 0 saturated heterocycles. The highest BCUT2D eigenvalue weighted by molar-refractivity contribution is 6.30. The summed E-state index contributed by atoms with van der Waals surface area (Å²) in [5.74, 6) is 0. The lowest BCUT2D eigenvalue weighted by molar-refractivity contribution is 0.171. The summed E-state index contributed by atoms with van der Waals surface area (Å²) in [5, 5.41) is 10.0. The summed E-state index contributed by atoms with van der Waals surface area (Å²) in [7, 11) is 0. The molecule has 2 nitrogen and oxygen atoms in total. The molecule has 0 aromatic heterocycles. The van der Waals surface area contributed by atoms with Crippen LogP contribution in [-0.2, 0) is 6.42 Å². The van der Waals surface area contributed by atoms with E-state index in [0.717, 1.165) is 12.0 Å². The number of aliphatic hydroxyl groups excluding tert-OH is 1. The number of nitrogens with two attached hydrogens (primary N) is 1. The third-order valence-electron chi connectivity index (χ3n) is 2.03. The van der Waals surface area contributed by atoms with E-state index in [0.29, 0.717) is 17.1 Å². The fraction of sp³-hybridized carbons (Fsp3) is 0.400. The van der Waals surface area contributed by atoms with Crippen molar-refractivity contribution in [3.8, 4) is 0 Å². The van der Waals surface area contributed by atoms with Gasteiger partial charge in [-0.05, 0) is 24.1 Å². The molecule has 0 unspecified atom stereocenters. The lowest BCUT2D eigenvalue weighted by Crippen LogP contribution is -2.09. The maximum atomic E-state index is 9.42. The second kappa shape index (κ2) is 6.12. The summed E-state index contributed by atoms with van der Waals surface area (Å²) in [6.07, 6.45) is 1.02. The van der Waals surface area contributed by atoms with Crippen molar-refractivity contribution < 1.29 is 5.11 Å². The Bertz CT molecular complexity index is 291. The number of hydrogen-bond acceptors (Lipinski definition) is 2. The van der Waals surface area contributed by atoms with Crippen molar-refractivity contribution in [2.45, 2.75) is 25.9 Å². The minimum Gasteiger partial charge on any atom is -0.398 e. The Hall–Kier alpha value is -0.440. The molecule has 0 heterocycles. The molecule has 14 heavy (non-hydrogen) atoms. The Labute approximate surface area is 95.5 Å². The van der Waals surface area contributed by atoms with Gasteiger partial charge in [0, 0.05) is 17.1 Å². The lowest BCUT2D eigenvalue weighted by atomic mass is 10.0. The number of anilines is 1. The number of benzene rings is 1. The highest BCUT2D eigenvalue weighted by atomic mass is 35.5. The number of hydrogen-bond donors (Lipinski definition) is 2. The van der Waals surface area contributed by atoms with Crippen LogP contribution in [-0.4, -0.2) is 11.2 Å². The quantitative estimate of drug-likeness (QED) is 0.792. The number of aliphatic hydroxyl groups is 1. The van der Waals surface area contributed by atoms with E-state index >= 15 is 0 Å². The highest BCUT2D eigenvalue weighted by Crippen LogP contribution is 2.19. The van der Waals surface area contributed by atoms with E-state index in [4.69, 9.17) is 17.3 Å². The van der Waals surface area contributed by atoms with Crippen molar-refractivity contribution in [1.82, 2.24) is 0 Å². The third-order valence-corrected chi connectivity index (χ3v) is 2.27. The first-order valence-corrected chi connectivity index (χ1v) is 4.73. The van der Waals surface area contributed by atoms with Gasteiger partial charge in [0.2, 0.25) is 0 Å². The standard InChI is InChI=1S/C10H14ClNO.ClH/c1-2-9(13)5-7-3-4-8(11)6-10(7)12;/h3-4,6,9,13H,2,5,12H2,1H3;1H/t9-;/m1./s1. The van der Waals surface area contributed by atoms with Crippen molar-refractivity contribution in [2.75, 3.05) is 5.73 Å². The topological polar surface area (TPSA) is 46.2 Å². The fourth-order valence-electron chi connectivity index (χ4n) is 1.15. The maximum Gasteiger partial charge on any atom is 0.0578 e. The van der Waals surface area contributed by atoms with Crippen LogP contribution >= 0.6 is 24.0 Å². The predicted molar refractivity (Wildman–Crippen MR) is 63.1 cm³/mol. The van der Waals surface area contributed by atoms with Gasteiger partial charge in [0.25, 0.3) is 0 Å². The molecule has 80 valence electrons. The van der Waals surface area contributed by atoms with E-state index in [1.165, 1.54) is 0 Å². The van der Waals surface area contributed by atoms with E-state index in [-0.39, 0.29) is 18.5 Å². The summed E-state index contributed by atoms with van der Waals surface area (Å²) in [6.45, 7) is 1.94. The van der Waals surface area contributed by atoms with Gasteiger partial charge < -0.3 is 10.8 Å². The van der Waals surface area contributed by atoms with Crippen LogP contribution in [0.15, 0.2) is 18.2 Å². The van der Waals surface area contributed by atoms with E-state index in [2.05, 4.69) is 0 Å². The number of halogens is 2. The smallest absolute Gasteiger partial charge is 0.0578 e. The Morgan fingerprint density at radius 3 is 2.64 bits per heavy atom. The Kier molecular flexibility index (Phi) is 5.93. The Morgan fingerprint density at radius 1 is 1.50 bits per heavy atom. The van der Waals surface area contributed by atoms with Gasteiger partial charge in [0.15, 0.2) is 0 Å². The summed E-state index contributed by atoms with van der Waals surface area (Å²) < 4.78 is 0. The Balaban J connectivity index is 0.00000169. The van der Waals surface area contributed by atoms with Gasteiger partial charge >= 0.3 is 0 Å². The van der Waals surface area contributed by atoms with Crippen LogP contribution in [0.4, 0.5) is 5.69 Å². The van der Waals surface area contributed by atoms with Crippen LogP contribution in [0, 0.1) is 0 Å². The summed E-state index contributed by atoms with van der Waals surface area (Å²) in [5.41, 5.74) is 7.34. The molecule has 4 heteroatoms. The molecule has 0 saturated carbocycles. The van der Waals surface area contributed by atoms with Crippen LogP contribution in [0.2, 0.25) is 5.02 Å². The molecule has 0 spiro atoms. The average molecular weight is 236 g/mol. The largest absolute Gasteiger partial charge is 0.398 e. The van der Waals surface area contributed by atoms with Gasteiger partial charge in [-0.2, -0.15) is 0 Å². The minimum absolute atomic E-state index is 0. The molecule has 3 N–H and O–H groups in total. The zero-order valence-corrected chi connectivity index (χ0v) is 9.61. The third kappa shape index (κ3) is 3.74. The van der Waals surface area contributed by atoms with E-state index < -0.39 is 0 Å². The van der Waals surface area contributed by atoms with Gasteiger partial charge in [-0.1, -0.05) is 24.6 Å². The molecule has 0 amide bonds. The van der Waals surface area contributed by atoms with Crippen molar-refractivity contribution in [2.24, 2.45) is 0 Å². The minimum atomic E-state index is -0.316. The second-order valence-electron chi connectivity index (χ2n) is 3.11. The number of rotatable bonds is 3. The fourth-order valence-corrected chi connectivity index (χ4v) is 1.33. The van der Waals surface area contributed by atoms with Crippen molar-refractivity contribution in [3.63, 3.8) is 0 Å². The van der Waals surface area contributed by atoms with Crippen LogP contribution in [0.3, 0.4) is 0 Å². The molecular formula is C10H15Cl2NO. The van der Waals surface area contributed by atoms with Crippen LogP contribution in [0.25, 0.3) is 0 Å². The van der Waals surface area contributed by atoms with Gasteiger partial charge in [-0.3, -0.25) is 0 Å². The molecule has 1 aromatic carbocycles. The van der Waals surface area contributed by atoms with Crippen LogP contribution in [0.1, 0.15) is 18.9 Å². The van der Waals surface area contributed by atoms with Gasteiger partial charge in [0.05, 0.1) is 6.10 Å². The molecule has 0 fully saturated rings. The zero-order valence-electron chi connectivity index (χ0n) is 8.03. The van der Waals surface area contributed by atoms with Gasteiger partial charge in [0.1, 0.15) is 0 Å². The first kappa shape index (κ1) is 13.6. The molecule has 0 aliphatic carbocycles. The summed E-state index contributed by atoms with van der Waals surface area (Å²) in [6, 6.07) is 5.35. The molecular weight excluding hydrogens is 221 g/mol. The van der Waals surface area contributed by atoms with Crippen molar-refractivity contribution in [1.29, 1.82) is 0 Å². The van der Waals surface area contributed by atoms with Crippen LogP contribution < -0.4 is 5.73 Å². The lowest BCUT2D eigenvalue weighted by Gasteiger charge is -2.09. The first-order chi connectivity index (χ1) is 6.13. The molecule has 1 atom stereocenters. The van der Waals surface area contributed by atoms with Gasteiger partial charge in [-0.15, -0.1) is 12.4 Å². The molecule has 0 aliphatic rings. The molecule has 0 radical (unpaired) electrons. The van der Waals surface area contributed by atoms with Crippen LogP contribution in [0.5, 0.6) is 0 Å². The molecule has 0 bridgehead atoms.